The molecule has 2 aromatic carbocycles. The highest BCUT2D eigenvalue weighted by Crippen LogP contribution is 2.30. The van der Waals surface area contributed by atoms with Crippen LogP contribution in [0.25, 0.3) is 11.4 Å². The molecule has 0 aliphatic carbocycles. The van der Waals surface area contributed by atoms with E-state index in [9.17, 15) is 9.50 Å². The lowest BCUT2D eigenvalue weighted by molar-refractivity contribution is 0.477. The molecule has 0 atom stereocenters. The van der Waals surface area contributed by atoms with Crippen molar-refractivity contribution in [2.45, 2.75) is 0 Å². The smallest absolute Gasteiger partial charge is 0.163 e. The van der Waals surface area contributed by atoms with Crippen molar-refractivity contribution < 1.29 is 9.50 Å². The first-order valence-corrected chi connectivity index (χ1v) is 7.33. The number of aromatic nitrogens is 2. The van der Waals surface area contributed by atoms with Gasteiger partial charge in [0.05, 0.1) is 5.69 Å². The van der Waals surface area contributed by atoms with Gasteiger partial charge in [0.1, 0.15) is 22.5 Å². The van der Waals surface area contributed by atoms with E-state index in [1.54, 1.807) is 24.3 Å². The van der Waals surface area contributed by atoms with Gasteiger partial charge in [-0.2, -0.15) is 0 Å². The van der Waals surface area contributed by atoms with Gasteiger partial charge in [-0.3, -0.25) is 0 Å². The number of halogens is 3. The molecule has 0 aliphatic heterocycles. The van der Waals surface area contributed by atoms with E-state index in [-0.39, 0.29) is 16.7 Å². The molecule has 3 rings (SSSR count). The molecule has 2 N–H and O–H groups in total. The quantitative estimate of drug-likeness (QED) is 0.513. The van der Waals surface area contributed by atoms with Crippen LogP contribution in [0.4, 0.5) is 15.9 Å². The molecule has 7 heteroatoms. The summed E-state index contributed by atoms with van der Waals surface area (Å²) < 4.78 is 13.3. The van der Waals surface area contributed by atoms with Gasteiger partial charge in [0.15, 0.2) is 5.82 Å². The first-order valence-electron chi connectivity index (χ1n) is 6.57. The highest BCUT2D eigenvalue weighted by Gasteiger charge is 2.09. The summed E-state index contributed by atoms with van der Waals surface area (Å²) in [7, 11) is 0. The van der Waals surface area contributed by atoms with Crippen LogP contribution in [0.3, 0.4) is 0 Å². The second kappa shape index (κ2) is 6.40. The summed E-state index contributed by atoms with van der Waals surface area (Å²) in [6, 6.07) is 11.9. The van der Waals surface area contributed by atoms with Gasteiger partial charge in [-0.15, -0.1) is 0 Å². The Hall–Kier alpha value is -2.37. The molecule has 23 heavy (non-hydrogen) atoms. The standard InChI is InChI=1S/C16H10Cl2FN3O/c17-10-4-5-13(23)12(7-10)20-15-8-14(18)21-16(22-15)9-2-1-3-11(19)6-9/h1-8,23H,(H,20,21,22). The van der Waals surface area contributed by atoms with E-state index in [1.807, 2.05) is 0 Å². The molecule has 116 valence electrons. The Morgan fingerprint density at radius 2 is 1.83 bits per heavy atom. The topological polar surface area (TPSA) is 58.0 Å². The highest BCUT2D eigenvalue weighted by atomic mass is 35.5. The second-order valence-electron chi connectivity index (χ2n) is 4.70. The van der Waals surface area contributed by atoms with Gasteiger partial charge in [-0.1, -0.05) is 35.3 Å². The zero-order valence-electron chi connectivity index (χ0n) is 11.6. The maximum absolute atomic E-state index is 13.3. The number of hydrogen-bond donors (Lipinski definition) is 2. The lowest BCUT2D eigenvalue weighted by Gasteiger charge is -2.10. The third-order valence-corrected chi connectivity index (χ3v) is 3.43. The van der Waals surface area contributed by atoms with E-state index in [1.165, 1.54) is 24.3 Å². The molecule has 4 nitrogen and oxygen atoms in total. The predicted octanol–water partition coefficient (Wildman–Crippen LogP) is 5.04. The summed E-state index contributed by atoms with van der Waals surface area (Å²) in [5, 5.41) is 13.4. The molecule has 0 spiro atoms. The number of nitrogens with zero attached hydrogens (tertiary/aromatic N) is 2. The SMILES string of the molecule is Oc1ccc(Cl)cc1Nc1cc(Cl)nc(-c2cccc(F)c2)n1. The van der Waals surface area contributed by atoms with Crippen molar-refractivity contribution in [3.8, 4) is 17.1 Å². The first kappa shape index (κ1) is 15.5. The molecule has 3 aromatic rings. The molecule has 0 aliphatic rings. The molecule has 0 amide bonds. The average molecular weight is 350 g/mol. The summed E-state index contributed by atoms with van der Waals surface area (Å²) >= 11 is 11.9. The number of phenolic OH excluding ortho intramolecular Hbond substituents is 1. The Balaban J connectivity index is 1.99. The van der Waals surface area contributed by atoms with E-state index < -0.39 is 5.82 Å². The summed E-state index contributed by atoms with van der Waals surface area (Å²) in [5.74, 6) is 0.229. The minimum atomic E-state index is -0.395. The monoisotopic (exact) mass is 349 g/mol. The van der Waals surface area contributed by atoms with Crippen LogP contribution in [0, 0.1) is 5.82 Å². The van der Waals surface area contributed by atoms with Gasteiger partial charge in [0.2, 0.25) is 0 Å². The van der Waals surface area contributed by atoms with E-state index in [2.05, 4.69) is 15.3 Å². The molecule has 0 radical (unpaired) electrons. The van der Waals surface area contributed by atoms with Crippen LogP contribution in [0.1, 0.15) is 0 Å². The van der Waals surface area contributed by atoms with Crippen molar-refractivity contribution in [3.05, 3.63) is 64.5 Å². The fraction of sp³-hybridized carbons (Fsp3) is 0. The number of phenols is 1. The van der Waals surface area contributed by atoms with Crippen molar-refractivity contribution in [1.82, 2.24) is 9.97 Å². The Bertz CT molecular complexity index is 874. The Morgan fingerprint density at radius 3 is 2.61 bits per heavy atom. The Kier molecular flexibility index (Phi) is 4.32. The molecule has 0 saturated heterocycles. The fourth-order valence-corrected chi connectivity index (χ4v) is 2.34. The summed E-state index contributed by atoms with van der Waals surface area (Å²) in [5.41, 5.74) is 0.864. The number of rotatable bonds is 3. The number of hydrogen-bond acceptors (Lipinski definition) is 4. The van der Waals surface area contributed by atoms with Crippen LogP contribution in [0.2, 0.25) is 10.2 Å². The lowest BCUT2D eigenvalue weighted by Crippen LogP contribution is -1.98. The molecular weight excluding hydrogens is 340 g/mol. The first-order chi connectivity index (χ1) is 11.0. The average Bonchev–Trinajstić information content (AvgIpc) is 2.50. The fourth-order valence-electron chi connectivity index (χ4n) is 1.98. The largest absolute Gasteiger partial charge is 0.506 e. The van der Waals surface area contributed by atoms with Gasteiger partial charge in [0.25, 0.3) is 0 Å². The molecule has 0 bridgehead atoms. The maximum Gasteiger partial charge on any atom is 0.163 e. The van der Waals surface area contributed by atoms with E-state index >= 15 is 0 Å². The maximum atomic E-state index is 13.3. The zero-order chi connectivity index (χ0) is 16.4. The van der Waals surface area contributed by atoms with E-state index in [4.69, 9.17) is 23.2 Å². The van der Waals surface area contributed by atoms with Gasteiger partial charge in [0, 0.05) is 16.7 Å². The number of benzene rings is 2. The molecule has 0 unspecified atom stereocenters. The van der Waals surface area contributed by atoms with Gasteiger partial charge in [-0.25, -0.2) is 14.4 Å². The van der Waals surface area contributed by atoms with Crippen LogP contribution in [-0.2, 0) is 0 Å². The minimum Gasteiger partial charge on any atom is -0.506 e. The predicted molar refractivity (Wildman–Crippen MR) is 88.8 cm³/mol. The van der Waals surface area contributed by atoms with Crippen molar-refractivity contribution >= 4 is 34.7 Å². The van der Waals surface area contributed by atoms with Crippen LogP contribution < -0.4 is 5.32 Å². The molecular formula is C16H10Cl2FN3O. The minimum absolute atomic E-state index is 0.0106. The van der Waals surface area contributed by atoms with E-state index in [0.717, 1.165) is 0 Å². The third kappa shape index (κ3) is 3.70. The van der Waals surface area contributed by atoms with E-state index in [0.29, 0.717) is 22.1 Å². The summed E-state index contributed by atoms with van der Waals surface area (Å²) in [6.45, 7) is 0. The van der Waals surface area contributed by atoms with Gasteiger partial charge >= 0.3 is 0 Å². The van der Waals surface area contributed by atoms with Crippen LogP contribution in [-0.4, -0.2) is 15.1 Å². The van der Waals surface area contributed by atoms with Crippen LogP contribution in [0.15, 0.2) is 48.5 Å². The zero-order valence-corrected chi connectivity index (χ0v) is 13.1. The third-order valence-electron chi connectivity index (χ3n) is 3.00. The Labute approximate surface area is 141 Å². The van der Waals surface area contributed by atoms with Gasteiger partial charge in [-0.05, 0) is 30.3 Å². The molecule has 1 heterocycles. The highest BCUT2D eigenvalue weighted by molar-refractivity contribution is 6.31. The van der Waals surface area contributed by atoms with Crippen molar-refractivity contribution in [3.63, 3.8) is 0 Å². The molecule has 0 fully saturated rings. The van der Waals surface area contributed by atoms with Gasteiger partial charge < -0.3 is 10.4 Å². The van der Waals surface area contributed by atoms with Crippen molar-refractivity contribution in [1.29, 1.82) is 0 Å². The van der Waals surface area contributed by atoms with Crippen LogP contribution in [0.5, 0.6) is 5.75 Å². The summed E-state index contributed by atoms with van der Waals surface area (Å²) in [6.07, 6.45) is 0. The summed E-state index contributed by atoms with van der Waals surface area (Å²) in [4.78, 5) is 8.37. The van der Waals surface area contributed by atoms with Crippen molar-refractivity contribution in [2.75, 3.05) is 5.32 Å². The second-order valence-corrected chi connectivity index (χ2v) is 5.52. The normalized spacial score (nSPS) is 10.6. The molecule has 1 aromatic heterocycles. The number of nitrogens with one attached hydrogen (secondary N) is 1. The van der Waals surface area contributed by atoms with Crippen molar-refractivity contribution in [2.24, 2.45) is 0 Å². The Morgan fingerprint density at radius 1 is 1.00 bits per heavy atom. The number of anilines is 2. The van der Waals surface area contributed by atoms with Crippen LogP contribution >= 0.6 is 23.2 Å². The number of aromatic hydroxyl groups is 1. The molecule has 0 saturated carbocycles. The lowest BCUT2D eigenvalue weighted by atomic mass is 10.2.